The summed E-state index contributed by atoms with van der Waals surface area (Å²) in [7, 11) is 0. The first-order valence-electron chi connectivity index (χ1n) is 5.31. The summed E-state index contributed by atoms with van der Waals surface area (Å²) in [6.45, 7) is 3.54. The Balaban J connectivity index is 2.63. The highest BCUT2D eigenvalue weighted by molar-refractivity contribution is 7.91. The molecule has 1 heterocycles. The van der Waals surface area contributed by atoms with E-state index in [1.165, 1.54) is 29.5 Å². The molecule has 2 rings (SSSR count). The zero-order chi connectivity index (χ0) is 13.8. The first-order chi connectivity index (χ1) is 9.15. The van der Waals surface area contributed by atoms with Crippen molar-refractivity contribution in [1.82, 2.24) is 4.98 Å². The summed E-state index contributed by atoms with van der Waals surface area (Å²) >= 11 is -0.0808. The minimum absolute atomic E-state index is 0.0788. The van der Waals surface area contributed by atoms with Crippen molar-refractivity contribution in [2.45, 2.75) is 4.90 Å². The van der Waals surface area contributed by atoms with Crippen LogP contribution in [0.5, 0.6) is 0 Å². The van der Waals surface area contributed by atoms with Crippen molar-refractivity contribution in [3.63, 3.8) is 0 Å². The van der Waals surface area contributed by atoms with Gasteiger partial charge in [-0.15, -0.1) is 11.3 Å². The van der Waals surface area contributed by atoms with Crippen LogP contribution in [0.4, 0.5) is 5.69 Å². The zero-order valence-corrected chi connectivity index (χ0v) is 11.4. The molecule has 0 aliphatic rings. The normalized spacial score (nSPS) is 12.1. The fourth-order valence-electron chi connectivity index (χ4n) is 1.62. The van der Waals surface area contributed by atoms with Gasteiger partial charge in [0.25, 0.3) is 5.69 Å². The molecule has 0 fully saturated rings. The number of hydrogen-bond acceptors (Lipinski definition) is 5. The van der Waals surface area contributed by atoms with Gasteiger partial charge < -0.3 is 4.55 Å². The van der Waals surface area contributed by atoms with Crippen LogP contribution in [-0.4, -0.2) is 20.2 Å². The minimum Gasteiger partial charge on any atom is -0.611 e. The summed E-state index contributed by atoms with van der Waals surface area (Å²) in [5.41, 5.74) is 0.257. The van der Waals surface area contributed by atoms with Crippen LogP contribution >= 0.6 is 11.3 Å². The maximum Gasteiger partial charge on any atom is 0.284 e. The monoisotopic (exact) mass is 294 g/mol. The lowest BCUT2D eigenvalue weighted by Crippen LogP contribution is -2.07. The average molecular weight is 294 g/mol. The van der Waals surface area contributed by atoms with E-state index in [9.17, 15) is 14.7 Å². The van der Waals surface area contributed by atoms with Gasteiger partial charge in [0.1, 0.15) is 16.3 Å². The molecule has 0 aliphatic heterocycles. The Hall–Kier alpha value is -1.70. The van der Waals surface area contributed by atoms with Crippen molar-refractivity contribution in [2.24, 2.45) is 0 Å². The van der Waals surface area contributed by atoms with Gasteiger partial charge in [0, 0.05) is 17.6 Å². The van der Waals surface area contributed by atoms with E-state index in [4.69, 9.17) is 0 Å². The highest BCUT2D eigenvalue weighted by Gasteiger charge is 2.27. The highest BCUT2D eigenvalue weighted by Crippen LogP contribution is 2.37. The Morgan fingerprint density at radius 1 is 1.53 bits per heavy atom. The lowest BCUT2D eigenvalue weighted by atomic mass is 10.2. The number of nitrogens with zero attached hydrogens (tertiary/aromatic N) is 2. The molecule has 1 atom stereocenters. The Morgan fingerprint density at radius 2 is 2.32 bits per heavy atom. The fraction of sp³-hybridized carbons (Fsp3) is 0.0833. The summed E-state index contributed by atoms with van der Waals surface area (Å²) < 4.78 is 12.1. The van der Waals surface area contributed by atoms with E-state index in [1.54, 1.807) is 17.6 Å². The van der Waals surface area contributed by atoms with Gasteiger partial charge in [0.15, 0.2) is 4.90 Å². The van der Waals surface area contributed by atoms with Gasteiger partial charge in [-0.25, -0.2) is 4.98 Å². The Labute approximate surface area is 117 Å². The molecule has 1 aromatic heterocycles. The molecule has 1 aromatic carbocycles. The number of nitro groups is 1. The largest absolute Gasteiger partial charge is 0.611 e. The fourth-order valence-corrected chi connectivity index (χ4v) is 3.44. The average Bonchev–Trinajstić information content (AvgIpc) is 2.91. The minimum atomic E-state index is -1.36. The zero-order valence-electron chi connectivity index (χ0n) is 9.81. The van der Waals surface area contributed by atoms with Crippen molar-refractivity contribution in [3.8, 4) is 10.6 Å². The first kappa shape index (κ1) is 13.7. The van der Waals surface area contributed by atoms with Gasteiger partial charge in [-0.1, -0.05) is 12.6 Å². The number of hydrogen-bond donors (Lipinski definition) is 0. The molecule has 1 unspecified atom stereocenters. The van der Waals surface area contributed by atoms with E-state index in [2.05, 4.69) is 11.6 Å². The maximum absolute atomic E-state index is 12.1. The van der Waals surface area contributed by atoms with Crippen molar-refractivity contribution in [2.75, 3.05) is 5.75 Å². The molecule has 0 bridgehead atoms. The molecule has 0 aliphatic carbocycles. The number of benzene rings is 1. The molecule has 98 valence electrons. The molecular weight excluding hydrogens is 284 g/mol. The molecule has 0 saturated carbocycles. The van der Waals surface area contributed by atoms with Crippen molar-refractivity contribution in [1.29, 1.82) is 0 Å². The van der Waals surface area contributed by atoms with Crippen LogP contribution in [0.15, 0.2) is 47.3 Å². The summed E-state index contributed by atoms with van der Waals surface area (Å²) in [5.74, 6) is 0.250. The second kappa shape index (κ2) is 5.96. The topological polar surface area (TPSA) is 79.1 Å². The van der Waals surface area contributed by atoms with Crippen LogP contribution in [0.25, 0.3) is 10.6 Å². The van der Waals surface area contributed by atoms with Gasteiger partial charge in [-0.05, 0) is 23.3 Å². The van der Waals surface area contributed by atoms with Gasteiger partial charge in [0.2, 0.25) is 0 Å². The van der Waals surface area contributed by atoms with Crippen LogP contribution in [0.1, 0.15) is 0 Å². The molecule has 0 spiro atoms. The van der Waals surface area contributed by atoms with Gasteiger partial charge >= 0.3 is 0 Å². The maximum atomic E-state index is 12.1. The number of rotatable bonds is 5. The van der Waals surface area contributed by atoms with Gasteiger partial charge in [-0.3, -0.25) is 10.1 Å². The number of thiazole rings is 1. The Kier molecular flexibility index (Phi) is 4.31. The predicted octanol–water partition coefficient (Wildman–Crippen LogP) is 3.01. The van der Waals surface area contributed by atoms with E-state index in [-0.39, 0.29) is 11.4 Å². The molecule has 19 heavy (non-hydrogen) atoms. The molecule has 2 aromatic rings. The smallest absolute Gasteiger partial charge is 0.284 e. The third-order valence-electron chi connectivity index (χ3n) is 2.36. The van der Waals surface area contributed by atoms with Crippen molar-refractivity contribution >= 4 is 28.2 Å². The van der Waals surface area contributed by atoms with Crippen LogP contribution < -0.4 is 0 Å². The van der Waals surface area contributed by atoms with E-state index < -0.39 is 16.1 Å². The third kappa shape index (κ3) is 2.83. The van der Waals surface area contributed by atoms with Gasteiger partial charge in [-0.2, -0.15) is 0 Å². The molecule has 0 saturated heterocycles. The van der Waals surface area contributed by atoms with E-state index in [1.807, 2.05) is 0 Å². The van der Waals surface area contributed by atoms with Crippen LogP contribution in [0.3, 0.4) is 0 Å². The lowest BCUT2D eigenvalue weighted by Gasteiger charge is -2.11. The van der Waals surface area contributed by atoms with Crippen LogP contribution in [-0.2, 0) is 11.2 Å². The second-order valence-corrected chi connectivity index (χ2v) is 5.90. The highest BCUT2D eigenvalue weighted by atomic mass is 32.2. The van der Waals surface area contributed by atoms with Gasteiger partial charge in [0.05, 0.1) is 4.92 Å². The first-order valence-corrected chi connectivity index (χ1v) is 7.51. The summed E-state index contributed by atoms with van der Waals surface area (Å²) in [4.78, 5) is 15.1. The van der Waals surface area contributed by atoms with E-state index in [0.717, 1.165) is 0 Å². The van der Waals surface area contributed by atoms with E-state index in [0.29, 0.717) is 15.5 Å². The summed E-state index contributed by atoms with van der Waals surface area (Å²) in [6, 6.07) is 4.56. The molecule has 0 N–H and O–H groups in total. The second-order valence-electron chi connectivity index (χ2n) is 3.55. The Morgan fingerprint density at radius 3 is 2.89 bits per heavy atom. The SMILES string of the molecule is C=CC[S+]([O-])c1cccc([N+](=O)[O-])c1-c1nccs1. The molecule has 0 radical (unpaired) electrons. The van der Waals surface area contributed by atoms with E-state index >= 15 is 0 Å². The quantitative estimate of drug-likeness (QED) is 0.367. The predicted molar refractivity (Wildman–Crippen MR) is 75.7 cm³/mol. The molecule has 0 amide bonds. The third-order valence-corrected chi connectivity index (χ3v) is 4.52. The lowest BCUT2D eigenvalue weighted by molar-refractivity contribution is -0.384. The summed E-state index contributed by atoms with van der Waals surface area (Å²) in [5, 5.41) is 13.3. The number of nitro benzene ring substituents is 1. The van der Waals surface area contributed by atoms with Crippen LogP contribution in [0.2, 0.25) is 0 Å². The van der Waals surface area contributed by atoms with Crippen molar-refractivity contribution in [3.05, 3.63) is 52.5 Å². The van der Waals surface area contributed by atoms with Crippen molar-refractivity contribution < 1.29 is 9.48 Å². The van der Waals surface area contributed by atoms with Crippen LogP contribution in [0, 0.1) is 10.1 Å². The standard InChI is InChI=1S/C12H10N2O3S2/c1-2-8-19(17)10-5-3-4-9(14(15)16)11(10)12-13-6-7-18-12/h2-7H,1,8H2. The Bertz CT molecular complexity index is 599. The molecule has 5 nitrogen and oxygen atoms in total. The molecule has 7 heteroatoms. The summed E-state index contributed by atoms with van der Waals surface area (Å²) in [6.07, 6.45) is 3.09. The molecular formula is C12H10N2O3S2. The number of aromatic nitrogens is 1.